The second kappa shape index (κ2) is 5.81. The first-order valence-electron chi connectivity index (χ1n) is 7.82. The Morgan fingerprint density at radius 2 is 1.27 bits per heavy atom. The molecule has 0 aliphatic heterocycles. The molecule has 0 saturated carbocycles. The molecule has 0 saturated heterocycles. The largest absolute Gasteiger partial charge is 0.0620 e. The van der Waals surface area contributed by atoms with Gasteiger partial charge in [-0.15, -0.1) is 0 Å². The van der Waals surface area contributed by atoms with E-state index >= 15 is 0 Å². The summed E-state index contributed by atoms with van der Waals surface area (Å²) in [6, 6.07) is 21.7. The Balaban J connectivity index is 2.20. The molecule has 0 N–H and O–H groups in total. The van der Waals surface area contributed by atoms with Gasteiger partial charge in [-0.3, -0.25) is 0 Å². The molecule has 0 aliphatic rings. The maximum Gasteiger partial charge on any atom is -0.0149 e. The standard InChI is InChI=1S/C22H22/c1-15-9-5-7-11-20(15)16(2)17(3)21-14-13-19-10-6-8-12-22(19)18(21)4/h5-14H,1-4H3/b17-16+. The summed E-state index contributed by atoms with van der Waals surface area (Å²) in [7, 11) is 0. The summed E-state index contributed by atoms with van der Waals surface area (Å²) in [5.41, 5.74) is 8.10. The Morgan fingerprint density at radius 1 is 0.636 bits per heavy atom. The number of fused-ring (bicyclic) bond motifs is 1. The monoisotopic (exact) mass is 286 g/mol. The quantitative estimate of drug-likeness (QED) is 0.478. The summed E-state index contributed by atoms with van der Waals surface area (Å²) in [5.74, 6) is 0. The topological polar surface area (TPSA) is 0 Å². The summed E-state index contributed by atoms with van der Waals surface area (Å²) in [6.07, 6.45) is 0. The van der Waals surface area contributed by atoms with Crippen LogP contribution in [0.5, 0.6) is 0 Å². The number of allylic oxidation sites excluding steroid dienone is 2. The number of hydrogen-bond donors (Lipinski definition) is 0. The fourth-order valence-electron chi connectivity index (χ4n) is 3.23. The molecule has 0 heterocycles. The summed E-state index contributed by atoms with van der Waals surface area (Å²) in [6.45, 7) is 8.87. The van der Waals surface area contributed by atoms with Gasteiger partial charge in [-0.2, -0.15) is 0 Å². The second-order valence-corrected chi connectivity index (χ2v) is 6.02. The van der Waals surface area contributed by atoms with Crippen LogP contribution in [0.15, 0.2) is 60.7 Å². The summed E-state index contributed by atoms with van der Waals surface area (Å²) in [4.78, 5) is 0. The number of benzene rings is 3. The normalized spacial score (nSPS) is 12.4. The zero-order valence-electron chi connectivity index (χ0n) is 13.8. The maximum atomic E-state index is 2.26. The van der Waals surface area contributed by atoms with Gasteiger partial charge in [0.05, 0.1) is 0 Å². The first-order chi connectivity index (χ1) is 10.6. The predicted octanol–water partition coefficient (Wildman–Crippen LogP) is 6.41. The third kappa shape index (κ3) is 2.46. The van der Waals surface area contributed by atoms with Gasteiger partial charge in [0.15, 0.2) is 0 Å². The Kier molecular flexibility index (Phi) is 3.85. The van der Waals surface area contributed by atoms with Crippen LogP contribution in [0.4, 0.5) is 0 Å². The van der Waals surface area contributed by atoms with Crippen LogP contribution < -0.4 is 0 Å². The average Bonchev–Trinajstić information content (AvgIpc) is 2.55. The van der Waals surface area contributed by atoms with Gasteiger partial charge in [-0.05, 0) is 71.9 Å². The molecule has 0 aromatic heterocycles. The molecule has 0 nitrogen and oxygen atoms in total. The van der Waals surface area contributed by atoms with Gasteiger partial charge < -0.3 is 0 Å². The van der Waals surface area contributed by atoms with Crippen LogP contribution in [0.25, 0.3) is 21.9 Å². The van der Waals surface area contributed by atoms with E-state index in [1.807, 2.05) is 0 Å². The molecule has 0 bridgehead atoms. The number of aryl methyl sites for hydroxylation is 2. The highest BCUT2D eigenvalue weighted by molar-refractivity contribution is 5.96. The van der Waals surface area contributed by atoms with E-state index in [2.05, 4.69) is 88.4 Å². The molecule has 0 radical (unpaired) electrons. The van der Waals surface area contributed by atoms with Crippen molar-refractivity contribution in [3.8, 4) is 0 Å². The Labute approximate surface area is 133 Å². The highest BCUT2D eigenvalue weighted by Gasteiger charge is 2.09. The van der Waals surface area contributed by atoms with Crippen LogP contribution in [0, 0.1) is 13.8 Å². The molecular formula is C22H22. The first-order valence-corrected chi connectivity index (χ1v) is 7.82. The molecule has 0 aliphatic carbocycles. The van der Waals surface area contributed by atoms with Crippen molar-refractivity contribution in [1.29, 1.82) is 0 Å². The van der Waals surface area contributed by atoms with Crippen molar-refractivity contribution < 1.29 is 0 Å². The zero-order chi connectivity index (χ0) is 15.7. The van der Waals surface area contributed by atoms with E-state index in [9.17, 15) is 0 Å². The molecule has 3 rings (SSSR count). The van der Waals surface area contributed by atoms with Crippen LogP contribution in [-0.4, -0.2) is 0 Å². The molecule has 0 amide bonds. The van der Waals surface area contributed by atoms with Gasteiger partial charge in [-0.25, -0.2) is 0 Å². The van der Waals surface area contributed by atoms with Crippen molar-refractivity contribution in [2.45, 2.75) is 27.7 Å². The van der Waals surface area contributed by atoms with Crippen LogP contribution in [0.2, 0.25) is 0 Å². The minimum Gasteiger partial charge on any atom is -0.0620 e. The lowest BCUT2D eigenvalue weighted by Gasteiger charge is -2.15. The summed E-state index contributed by atoms with van der Waals surface area (Å²) in [5, 5.41) is 2.65. The summed E-state index contributed by atoms with van der Waals surface area (Å²) < 4.78 is 0. The fourth-order valence-corrected chi connectivity index (χ4v) is 3.23. The van der Waals surface area contributed by atoms with Gasteiger partial charge in [0.2, 0.25) is 0 Å². The van der Waals surface area contributed by atoms with Crippen molar-refractivity contribution in [2.75, 3.05) is 0 Å². The molecule has 0 spiro atoms. The number of hydrogen-bond acceptors (Lipinski definition) is 0. The maximum absolute atomic E-state index is 2.26. The molecule has 3 aromatic rings. The minimum atomic E-state index is 1.31. The Hall–Kier alpha value is -2.34. The van der Waals surface area contributed by atoms with Crippen molar-refractivity contribution in [3.05, 3.63) is 82.9 Å². The third-order valence-electron chi connectivity index (χ3n) is 4.71. The molecule has 0 heteroatoms. The number of rotatable bonds is 2. The van der Waals surface area contributed by atoms with Crippen LogP contribution in [0.1, 0.15) is 36.1 Å². The van der Waals surface area contributed by atoms with Gasteiger partial charge in [0, 0.05) is 0 Å². The SMILES string of the molecule is C/C(=C(/C)c1ccc2ccccc2c1C)c1ccccc1C. The third-order valence-corrected chi connectivity index (χ3v) is 4.71. The molecule has 110 valence electrons. The lowest BCUT2D eigenvalue weighted by Crippen LogP contribution is -1.93. The smallest absolute Gasteiger partial charge is 0.0149 e. The Morgan fingerprint density at radius 3 is 2.05 bits per heavy atom. The Bertz CT molecular complexity index is 866. The highest BCUT2D eigenvalue weighted by atomic mass is 14.1. The first kappa shape index (κ1) is 14.6. The van der Waals surface area contributed by atoms with E-state index in [4.69, 9.17) is 0 Å². The van der Waals surface area contributed by atoms with E-state index in [0.717, 1.165) is 0 Å². The molecule has 22 heavy (non-hydrogen) atoms. The van der Waals surface area contributed by atoms with Crippen LogP contribution >= 0.6 is 0 Å². The van der Waals surface area contributed by atoms with Crippen molar-refractivity contribution in [1.82, 2.24) is 0 Å². The van der Waals surface area contributed by atoms with Crippen molar-refractivity contribution in [3.63, 3.8) is 0 Å². The van der Waals surface area contributed by atoms with E-state index in [-0.39, 0.29) is 0 Å². The van der Waals surface area contributed by atoms with E-state index in [1.54, 1.807) is 0 Å². The summed E-state index contributed by atoms with van der Waals surface area (Å²) >= 11 is 0. The average molecular weight is 286 g/mol. The molecule has 0 atom stereocenters. The molecular weight excluding hydrogens is 264 g/mol. The second-order valence-electron chi connectivity index (χ2n) is 6.02. The van der Waals surface area contributed by atoms with Crippen molar-refractivity contribution in [2.24, 2.45) is 0 Å². The van der Waals surface area contributed by atoms with Gasteiger partial charge in [0.25, 0.3) is 0 Å². The van der Waals surface area contributed by atoms with E-state index in [0.29, 0.717) is 0 Å². The molecule has 3 aromatic carbocycles. The van der Waals surface area contributed by atoms with Gasteiger partial charge >= 0.3 is 0 Å². The van der Waals surface area contributed by atoms with Crippen molar-refractivity contribution >= 4 is 21.9 Å². The highest BCUT2D eigenvalue weighted by Crippen LogP contribution is 2.32. The van der Waals surface area contributed by atoms with E-state index in [1.165, 1.54) is 44.2 Å². The van der Waals surface area contributed by atoms with E-state index < -0.39 is 0 Å². The zero-order valence-corrected chi connectivity index (χ0v) is 13.8. The lowest BCUT2D eigenvalue weighted by molar-refractivity contribution is 1.39. The lowest BCUT2D eigenvalue weighted by atomic mass is 9.90. The fraction of sp³-hybridized carbons (Fsp3) is 0.182. The van der Waals surface area contributed by atoms with Crippen LogP contribution in [-0.2, 0) is 0 Å². The molecule has 0 unspecified atom stereocenters. The minimum absolute atomic E-state index is 1.31. The molecule has 0 fully saturated rings. The predicted molar refractivity (Wildman–Crippen MR) is 98.0 cm³/mol. The van der Waals surface area contributed by atoms with Crippen LogP contribution in [0.3, 0.4) is 0 Å². The van der Waals surface area contributed by atoms with Gasteiger partial charge in [0.1, 0.15) is 0 Å². The van der Waals surface area contributed by atoms with Gasteiger partial charge in [-0.1, -0.05) is 60.7 Å².